The summed E-state index contributed by atoms with van der Waals surface area (Å²) in [6.45, 7) is 1.21. The first kappa shape index (κ1) is 12.0. The maximum Gasteiger partial charge on any atom is 0.150 e. The highest BCUT2D eigenvalue weighted by molar-refractivity contribution is 6.32. The normalized spacial score (nSPS) is 10.0. The summed E-state index contributed by atoms with van der Waals surface area (Å²) in [4.78, 5) is 10.5. The highest BCUT2D eigenvalue weighted by Crippen LogP contribution is 2.24. The fraction of sp³-hybridized carbons (Fsp3) is 0.364. The lowest BCUT2D eigenvalue weighted by Crippen LogP contribution is -2.01. The van der Waals surface area contributed by atoms with Crippen LogP contribution in [-0.2, 0) is 4.74 Å². The zero-order valence-corrected chi connectivity index (χ0v) is 9.29. The van der Waals surface area contributed by atoms with Gasteiger partial charge in [-0.05, 0) is 18.2 Å². The molecule has 0 saturated heterocycles. The predicted molar refractivity (Wildman–Crippen MR) is 58.8 cm³/mol. The molecule has 0 aliphatic heterocycles. The molecule has 1 aromatic rings. The van der Waals surface area contributed by atoms with Gasteiger partial charge in [0, 0.05) is 25.7 Å². The number of benzene rings is 1. The van der Waals surface area contributed by atoms with E-state index in [1.54, 1.807) is 25.3 Å². The van der Waals surface area contributed by atoms with Crippen LogP contribution in [-0.4, -0.2) is 26.6 Å². The van der Waals surface area contributed by atoms with Crippen molar-refractivity contribution in [2.45, 2.75) is 6.42 Å². The van der Waals surface area contributed by atoms with Gasteiger partial charge in [0.1, 0.15) is 12.0 Å². The maximum atomic E-state index is 10.5. The molecule has 0 aliphatic rings. The Morgan fingerprint density at radius 3 is 2.80 bits per heavy atom. The van der Waals surface area contributed by atoms with Crippen LogP contribution in [0.5, 0.6) is 5.75 Å². The van der Waals surface area contributed by atoms with Crippen LogP contribution in [0.15, 0.2) is 18.2 Å². The number of aldehydes is 1. The smallest absolute Gasteiger partial charge is 0.150 e. The van der Waals surface area contributed by atoms with E-state index < -0.39 is 0 Å². The van der Waals surface area contributed by atoms with E-state index in [9.17, 15) is 4.79 Å². The van der Waals surface area contributed by atoms with Crippen LogP contribution < -0.4 is 4.74 Å². The number of hydrogen-bond acceptors (Lipinski definition) is 3. The molecule has 0 saturated carbocycles. The van der Waals surface area contributed by atoms with Gasteiger partial charge in [0.05, 0.1) is 11.6 Å². The third kappa shape index (κ3) is 3.90. The molecule has 0 spiro atoms. The summed E-state index contributed by atoms with van der Waals surface area (Å²) >= 11 is 5.91. The molecule has 0 heterocycles. The molecule has 0 amide bonds. The molecular weight excluding hydrogens is 216 g/mol. The molecule has 4 heteroatoms. The molecule has 0 N–H and O–H groups in total. The highest BCUT2D eigenvalue weighted by atomic mass is 35.5. The SMILES string of the molecule is COCCCOc1ccc(C=O)cc1Cl. The molecule has 1 aromatic carbocycles. The van der Waals surface area contributed by atoms with Crippen LogP contribution in [0.25, 0.3) is 0 Å². The largest absolute Gasteiger partial charge is 0.492 e. The summed E-state index contributed by atoms with van der Waals surface area (Å²) in [5, 5.41) is 0.456. The average molecular weight is 229 g/mol. The van der Waals surface area contributed by atoms with Crippen LogP contribution in [0.4, 0.5) is 0 Å². The van der Waals surface area contributed by atoms with Gasteiger partial charge in [0.25, 0.3) is 0 Å². The van der Waals surface area contributed by atoms with Gasteiger partial charge in [-0.25, -0.2) is 0 Å². The van der Waals surface area contributed by atoms with Crippen LogP contribution in [0.3, 0.4) is 0 Å². The number of carbonyl (C=O) groups is 1. The minimum absolute atomic E-state index is 0.456. The van der Waals surface area contributed by atoms with E-state index in [-0.39, 0.29) is 0 Å². The Bertz CT molecular complexity index is 326. The monoisotopic (exact) mass is 228 g/mol. The molecule has 0 fully saturated rings. The van der Waals surface area contributed by atoms with Gasteiger partial charge in [-0.2, -0.15) is 0 Å². The van der Waals surface area contributed by atoms with E-state index in [1.165, 1.54) is 0 Å². The van der Waals surface area contributed by atoms with Crippen molar-refractivity contribution in [3.63, 3.8) is 0 Å². The fourth-order valence-corrected chi connectivity index (χ4v) is 1.34. The molecule has 15 heavy (non-hydrogen) atoms. The number of hydrogen-bond donors (Lipinski definition) is 0. The van der Waals surface area contributed by atoms with Gasteiger partial charge in [-0.1, -0.05) is 11.6 Å². The predicted octanol–water partition coefficient (Wildman–Crippen LogP) is 2.57. The molecule has 82 valence electrons. The Morgan fingerprint density at radius 1 is 1.40 bits per heavy atom. The second-order valence-electron chi connectivity index (χ2n) is 3.00. The third-order valence-corrected chi connectivity index (χ3v) is 2.14. The van der Waals surface area contributed by atoms with Crippen molar-refractivity contribution < 1.29 is 14.3 Å². The van der Waals surface area contributed by atoms with Crippen molar-refractivity contribution >= 4 is 17.9 Å². The second-order valence-corrected chi connectivity index (χ2v) is 3.41. The molecule has 0 aliphatic carbocycles. The van der Waals surface area contributed by atoms with Crippen LogP contribution >= 0.6 is 11.6 Å². The van der Waals surface area contributed by atoms with Gasteiger partial charge < -0.3 is 9.47 Å². The summed E-state index contributed by atoms with van der Waals surface area (Å²) in [7, 11) is 1.64. The Morgan fingerprint density at radius 2 is 2.20 bits per heavy atom. The summed E-state index contributed by atoms with van der Waals surface area (Å²) in [5.41, 5.74) is 0.546. The molecule has 1 rings (SSSR count). The van der Waals surface area contributed by atoms with Crippen LogP contribution in [0.2, 0.25) is 5.02 Å². The van der Waals surface area contributed by atoms with Gasteiger partial charge in [0.15, 0.2) is 0 Å². The summed E-state index contributed by atoms with van der Waals surface area (Å²) in [6.07, 6.45) is 1.56. The van der Waals surface area contributed by atoms with Gasteiger partial charge in [-0.15, -0.1) is 0 Å². The number of rotatable bonds is 6. The third-order valence-electron chi connectivity index (χ3n) is 1.84. The molecule has 0 bridgehead atoms. The molecule has 0 aromatic heterocycles. The summed E-state index contributed by atoms with van der Waals surface area (Å²) in [6, 6.07) is 4.95. The lowest BCUT2D eigenvalue weighted by Gasteiger charge is -2.07. The van der Waals surface area contributed by atoms with Crippen molar-refractivity contribution in [1.82, 2.24) is 0 Å². The first-order valence-electron chi connectivity index (χ1n) is 4.64. The summed E-state index contributed by atoms with van der Waals surface area (Å²) < 4.78 is 10.3. The van der Waals surface area contributed by atoms with E-state index in [0.29, 0.717) is 29.5 Å². The Hall–Kier alpha value is -1.06. The molecule has 0 radical (unpaired) electrons. The number of halogens is 1. The van der Waals surface area contributed by atoms with E-state index in [0.717, 1.165) is 12.7 Å². The zero-order valence-electron chi connectivity index (χ0n) is 8.53. The maximum absolute atomic E-state index is 10.5. The number of carbonyl (C=O) groups excluding carboxylic acids is 1. The van der Waals surface area contributed by atoms with Crippen molar-refractivity contribution in [2.24, 2.45) is 0 Å². The molecule has 0 unspecified atom stereocenters. The zero-order chi connectivity index (χ0) is 11.1. The van der Waals surface area contributed by atoms with Crippen molar-refractivity contribution in [1.29, 1.82) is 0 Å². The Labute approximate surface area is 93.9 Å². The standard InChI is InChI=1S/C11H13ClO3/c1-14-5-2-6-15-11-4-3-9(8-13)7-10(11)12/h3-4,7-8H,2,5-6H2,1H3. The second kappa shape index (κ2) is 6.43. The average Bonchev–Trinajstić information content (AvgIpc) is 2.26. The van der Waals surface area contributed by atoms with E-state index in [4.69, 9.17) is 21.1 Å². The molecular formula is C11H13ClO3. The van der Waals surface area contributed by atoms with Crippen molar-refractivity contribution in [2.75, 3.05) is 20.3 Å². The lowest BCUT2D eigenvalue weighted by atomic mass is 10.2. The van der Waals surface area contributed by atoms with Gasteiger partial charge >= 0.3 is 0 Å². The molecule has 3 nitrogen and oxygen atoms in total. The van der Waals surface area contributed by atoms with E-state index in [1.807, 2.05) is 0 Å². The number of ether oxygens (including phenoxy) is 2. The number of methoxy groups -OCH3 is 1. The Kier molecular flexibility index (Phi) is 5.15. The minimum atomic E-state index is 0.456. The Balaban J connectivity index is 2.50. The first-order chi connectivity index (χ1) is 7.27. The van der Waals surface area contributed by atoms with Crippen molar-refractivity contribution in [3.05, 3.63) is 28.8 Å². The fourth-order valence-electron chi connectivity index (χ4n) is 1.09. The van der Waals surface area contributed by atoms with Gasteiger partial charge in [0.2, 0.25) is 0 Å². The van der Waals surface area contributed by atoms with E-state index >= 15 is 0 Å². The first-order valence-corrected chi connectivity index (χ1v) is 5.02. The van der Waals surface area contributed by atoms with Crippen LogP contribution in [0, 0.1) is 0 Å². The van der Waals surface area contributed by atoms with Gasteiger partial charge in [-0.3, -0.25) is 4.79 Å². The molecule has 0 atom stereocenters. The van der Waals surface area contributed by atoms with Crippen LogP contribution in [0.1, 0.15) is 16.8 Å². The highest BCUT2D eigenvalue weighted by Gasteiger charge is 2.02. The lowest BCUT2D eigenvalue weighted by molar-refractivity contribution is 0.112. The minimum Gasteiger partial charge on any atom is -0.492 e. The van der Waals surface area contributed by atoms with E-state index in [2.05, 4.69) is 0 Å². The quantitative estimate of drug-likeness (QED) is 0.555. The topological polar surface area (TPSA) is 35.5 Å². The summed E-state index contributed by atoms with van der Waals surface area (Å²) in [5.74, 6) is 0.596. The van der Waals surface area contributed by atoms with Crippen molar-refractivity contribution in [3.8, 4) is 5.75 Å².